The van der Waals surface area contributed by atoms with Crippen LogP contribution in [0, 0.1) is 0 Å². The Kier molecular flexibility index (Phi) is 5.75. The quantitative estimate of drug-likeness (QED) is 0.398. The molecule has 0 bridgehead atoms. The SMILES string of the molecule is CCOC(=O)c1ccc2c(c1)CC/C(=C/c1cccc(Oc3ccccc3)c1)C2=O. The van der Waals surface area contributed by atoms with E-state index in [0.717, 1.165) is 28.2 Å². The number of carbonyl (C=O) groups is 2. The molecule has 4 nitrogen and oxygen atoms in total. The predicted molar refractivity (Wildman–Crippen MR) is 116 cm³/mol. The Morgan fingerprint density at radius 2 is 1.73 bits per heavy atom. The maximum Gasteiger partial charge on any atom is 0.338 e. The number of hydrogen-bond donors (Lipinski definition) is 0. The van der Waals surface area contributed by atoms with E-state index in [4.69, 9.17) is 9.47 Å². The van der Waals surface area contributed by atoms with E-state index in [1.54, 1.807) is 25.1 Å². The lowest BCUT2D eigenvalue weighted by Gasteiger charge is -2.18. The summed E-state index contributed by atoms with van der Waals surface area (Å²) >= 11 is 0. The highest BCUT2D eigenvalue weighted by Crippen LogP contribution is 2.29. The summed E-state index contributed by atoms with van der Waals surface area (Å²) in [7, 11) is 0. The number of rotatable bonds is 5. The lowest BCUT2D eigenvalue weighted by atomic mass is 9.85. The van der Waals surface area contributed by atoms with Gasteiger partial charge in [0.05, 0.1) is 12.2 Å². The van der Waals surface area contributed by atoms with Crippen molar-refractivity contribution >= 4 is 17.8 Å². The molecule has 0 saturated carbocycles. The third-order valence-electron chi connectivity index (χ3n) is 4.99. The van der Waals surface area contributed by atoms with E-state index >= 15 is 0 Å². The van der Waals surface area contributed by atoms with Crippen LogP contribution >= 0.6 is 0 Å². The van der Waals surface area contributed by atoms with Crippen LogP contribution in [0.4, 0.5) is 0 Å². The number of carbonyl (C=O) groups excluding carboxylic acids is 2. The molecule has 0 atom stereocenters. The zero-order valence-corrected chi connectivity index (χ0v) is 16.8. The zero-order valence-electron chi connectivity index (χ0n) is 16.8. The lowest BCUT2D eigenvalue weighted by molar-refractivity contribution is 0.0526. The Bertz CT molecular complexity index is 1110. The summed E-state index contributed by atoms with van der Waals surface area (Å²) < 4.78 is 10.9. The van der Waals surface area contributed by atoms with E-state index in [1.165, 1.54) is 0 Å². The van der Waals surface area contributed by atoms with Crippen molar-refractivity contribution in [1.82, 2.24) is 0 Å². The molecule has 0 N–H and O–H groups in total. The normalized spacial score (nSPS) is 14.3. The number of Topliss-reactive ketones (excluding diaryl/α,β-unsaturated/α-hetero) is 1. The van der Waals surface area contributed by atoms with Crippen LogP contribution in [0.25, 0.3) is 6.08 Å². The second kappa shape index (κ2) is 8.78. The monoisotopic (exact) mass is 398 g/mol. The molecule has 1 aliphatic rings. The van der Waals surface area contributed by atoms with Crippen LogP contribution in [0.5, 0.6) is 11.5 Å². The minimum atomic E-state index is -0.357. The van der Waals surface area contributed by atoms with Crippen LogP contribution in [0.3, 0.4) is 0 Å². The van der Waals surface area contributed by atoms with Gasteiger partial charge in [0.2, 0.25) is 0 Å². The molecule has 0 aliphatic heterocycles. The topological polar surface area (TPSA) is 52.6 Å². The first-order valence-corrected chi connectivity index (χ1v) is 10.0. The summed E-state index contributed by atoms with van der Waals surface area (Å²) in [4.78, 5) is 24.9. The molecule has 3 aromatic rings. The van der Waals surface area contributed by atoms with Gasteiger partial charge < -0.3 is 9.47 Å². The zero-order chi connectivity index (χ0) is 20.9. The molecule has 0 heterocycles. The predicted octanol–water partition coefficient (Wildman–Crippen LogP) is 5.87. The van der Waals surface area contributed by atoms with Gasteiger partial charge in [-0.05, 0) is 79.4 Å². The number of esters is 1. The van der Waals surface area contributed by atoms with Crippen LogP contribution in [0.1, 0.15) is 45.2 Å². The molecule has 4 rings (SSSR count). The van der Waals surface area contributed by atoms with Gasteiger partial charge in [0.15, 0.2) is 5.78 Å². The Morgan fingerprint density at radius 3 is 2.53 bits per heavy atom. The summed E-state index contributed by atoms with van der Waals surface area (Å²) in [5, 5.41) is 0. The van der Waals surface area contributed by atoms with Crippen molar-refractivity contribution in [3.63, 3.8) is 0 Å². The number of allylic oxidation sites excluding steroid dienone is 1. The largest absolute Gasteiger partial charge is 0.462 e. The number of ketones is 1. The van der Waals surface area contributed by atoms with E-state index in [1.807, 2.05) is 60.7 Å². The van der Waals surface area contributed by atoms with E-state index in [-0.39, 0.29) is 11.8 Å². The summed E-state index contributed by atoms with van der Waals surface area (Å²) in [5.41, 5.74) is 3.70. The molecule has 0 amide bonds. The van der Waals surface area contributed by atoms with Crippen molar-refractivity contribution in [2.45, 2.75) is 19.8 Å². The number of fused-ring (bicyclic) bond motifs is 1. The van der Waals surface area contributed by atoms with Crippen LogP contribution < -0.4 is 4.74 Å². The van der Waals surface area contributed by atoms with Crippen LogP contribution in [0.2, 0.25) is 0 Å². The summed E-state index contributed by atoms with van der Waals surface area (Å²) in [6.07, 6.45) is 3.25. The highest BCUT2D eigenvalue weighted by Gasteiger charge is 2.23. The number of ether oxygens (including phenoxy) is 2. The number of para-hydroxylation sites is 1. The molecular weight excluding hydrogens is 376 g/mol. The van der Waals surface area contributed by atoms with Crippen molar-refractivity contribution in [2.24, 2.45) is 0 Å². The van der Waals surface area contributed by atoms with E-state index < -0.39 is 0 Å². The summed E-state index contributed by atoms with van der Waals surface area (Å²) in [6, 6.07) is 22.4. The molecule has 0 unspecified atom stereocenters. The van der Waals surface area contributed by atoms with Crippen LogP contribution in [-0.4, -0.2) is 18.4 Å². The molecule has 150 valence electrons. The van der Waals surface area contributed by atoms with Gasteiger partial charge >= 0.3 is 5.97 Å². The van der Waals surface area contributed by atoms with Crippen LogP contribution in [-0.2, 0) is 11.2 Å². The van der Waals surface area contributed by atoms with E-state index in [0.29, 0.717) is 30.6 Å². The molecule has 0 radical (unpaired) electrons. The highest BCUT2D eigenvalue weighted by molar-refractivity contribution is 6.13. The highest BCUT2D eigenvalue weighted by atomic mass is 16.5. The second-order valence-corrected chi connectivity index (χ2v) is 7.08. The van der Waals surface area contributed by atoms with Crippen molar-refractivity contribution in [1.29, 1.82) is 0 Å². The minimum absolute atomic E-state index is 0.000963. The van der Waals surface area contributed by atoms with E-state index in [2.05, 4.69) is 0 Å². The van der Waals surface area contributed by atoms with Crippen molar-refractivity contribution in [3.05, 3.63) is 101 Å². The van der Waals surface area contributed by atoms with Gasteiger partial charge in [-0.15, -0.1) is 0 Å². The average molecular weight is 398 g/mol. The van der Waals surface area contributed by atoms with Gasteiger partial charge in [0.1, 0.15) is 11.5 Å². The fraction of sp³-hybridized carbons (Fsp3) is 0.154. The summed E-state index contributed by atoms with van der Waals surface area (Å²) in [5.74, 6) is 1.13. The van der Waals surface area contributed by atoms with Gasteiger partial charge in [0.25, 0.3) is 0 Å². The van der Waals surface area contributed by atoms with Gasteiger partial charge in [-0.25, -0.2) is 4.79 Å². The van der Waals surface area contributed by atoms with E-state index in [9.17, 15) is 9.59 Å². The molecule has 30 heavy (non-hydrogen) atoms. The molecule has 1 aliphatic carbocycles. The Labute approximate surface area is 175 Å². The third-order valence-corrected chi connectivity index (χ3v) is 4.99. The van der Waals surface area contributed by atoms with Gasteiger partial charge in [-0.1, -0.05) is 30.3 Å². The first-order valence-electron chi connectivity index (χ1n) is 10.0. The molecular formula is C26H22O4. The molecule has 0 aromatic heterocycles. The third kappa shape index (κ3) is 4.33. The van der Waals surface area contributed by atoms with Gasteiger partial charge in [0, 0.05) is 11.1 Å². The number of benzene rings is 3. The maximum absolute atomic E-state index is 13.0. The molecule has 0 spiro atoms. The Morgan fingerprint density at radius 1 is 0.933 bits per heavy atom. The maximum atomic E-state index is 13.0. The van der Waals surface area contributed by atoms with Crippen LogP contribution in [0.15, 0.2) is 78.4 Å². The van der Waals surface area contributed by atoms with Gasteiger partial charge in [-0.3, -0.25) is 4.79 Å². The van der Waals surface area contributed by atoms with Crippen molar-refractivity contribution < 1.29 is 19.1 Å². The molecule has 3 aromatic carbocycles. The minimum Gasteiger partial charge on any atom is -0.462 e. The average Bonchev–Trinajstić information content (AvgIpc) is 2.77. The fourth-order valence-corrected chi connectivity index (χ4v) is 3.55. The number of aryl methyl sites for hydroxylation is 1. The second-order valence-electron chi connectivity index (χ2n) is 7.08. The van der Waals surface area contributed by atoms with Crippen molar-refractivity contribution in [2.75, 3.05) is 6.61 Å². The smallest absolute Gasteiger partial charge is 0.338 e. The fourth-order valence-electron chi connectivity index (χ4n) is 3.55. The Balaban J connectivity index is 1.55. The first-order chi connectivity index (χ1) is 14.6. The Hall–Kier alpha value is -3.66. The standard InChI is InChI=1S/C26H22O4/c1-2-29-26(28)21-13-14-24-19(17-21)11-12-20(25(24)27)15-18-7-6-10-23(16-18)30-22-8-4-3-5-9-22/h3-10,13-17H,2,11-12H2,1H3/b20-15-. The number of hydrogen-bond acceptors (Lipinski definition) is 4. The molecule has 4 heteroatoms. The molecule has 0 saturated heterocycles. The van der Waals surface area contributed by atoms with Crippen molar-refractivity contribution in [3.8, 4) is 11.5 Å². The lowest BCUT2D eigenvalue weighted by Crippen LogP contribution is -2.15. The van der Waals surface area contributed by atoms with Gasteiger partial charge in [-0.2, -0.15) is 0 Å². The first kappa shape index (κ1) is 19.6. The molecule has 0 fully saturated rings. The summed E-state index contributed by atoms with van der Waals surface area (Å²) in [6.45, 7) is 2.10.